The SMILES string of the molecule is CC(C(=O)O)c1ccc2ccccc2c1C(=O)O. The Balaban J connectivity index is 2.78. The lowest BCUT2D eigenvalue weighted by Crippen LogP contribution is -2.13. The van der Waals surface area contributed by atoms with Crippen LogP contribution in [-0.2, 0) is 4.79 Å². The third-order valence-electron chi connectivity index (χ3n) is 3.01. The summed E-state index contributed by atoms with van der Waals surface area (Å²) in [6, 6.07) is 10.4. The first kappa shape index (κ1) is 12.1. The maximum Gasteiger partial charge on any atom is 0.336 e. The number of carbonyl (C=O) groups is 2. The first-order valence-corrected chi connectivity index (χ1v) is 5.50. The van der Waals surface area contributed by atoms with Gasteiger partial charge < -0.3 is 10.2 Å². The van der Waals surface area contributed by atoms with Crippen LogP contribution in [0.5, 0.6) is 0 Å². The average molecular weight is 244 g/mol. The number of aromatic carboxylic acids is 1. The van der Waals surface area contributed by atoms with Crippen molar-refractivity contribution in [2.24, 2.45) is 0 Å². The molecule has 0 heterocycles. The molecule has 0 amide bonds. The maximum atomic E-state index is 11.4. The molecule has 0 saturated heterocycles. The predicted molar refractivity (Wildman–Crippen MR) is 67.0 cm³/mol. The molecule has 0 spiro atoms. The zero-order valence-corrected chi connectivity index (χ0v) is 9.75. The van der Waals surface area contributed by atoms with Crippen LogP contribution in [-0.4, -0.2) is 22.2 Å². The molecule has 1 atom stereocenters. The van der Waals surface area contributed by atoms with Gasteiger partial charge in [0.2, 0.25) is 0 Å². The molecule has 0 aliphatic rings. The standard InChI is InChI=1S/C14H12O4/c1-8(13(15)16)10-7-6-9-4-2-3-5-11(9)12(10)14(17)18/h2-8H,1H3,(H,15,16)(H,17,18). The fourth-order valence-corrected chi connectivity index (χ4v) is 2.02. The Morgan fingerprint density at radius 1 is 1.06 bits per heavy atom. The second-order valence-electron chi connectivity index (χ2n) is 4.12. The molecular weight excluding hydrogens is 232 g/mol. The number of hydrogen-bond acceptors (Lipinski definition) is 2. The zero-order valence-electron chi connectivity index (χ0n) is 9.75. The highest BCUT2D eigenvalue weighted by Crippen LogP contribution is 2.28. The Morgan fingerprint density at radius 3 is 2.33 bits per heavy atom. The molecule has 4 heteroatoms. The van der Waals surface area contributed by atoms with Crippen molar-refractivity contribution in [3.05, 3.63) is 47.5 Å². The molecule has 0 aliphatic carbocycles. The van der Waals surface area contributed by atoms with Gasteiger partial charge in [-0.05, 0) is 23.3 Å². The van der Waals surface area contributed by atoms with Gasteiger partial charge in [0.1, 0.15) is 0 Å². The van der Waals surface area contributed by atoms with Gasteiger partial charge in [0, 0.05) is 0 Å². The Labute approximate surface area is 103 Å². The highest BCUT2D eigenvalue weighted by molar-refractivity contribution is 6.06. The van der Waals surface area contributed by atoms with E-state index in [1.807, 2.05) is 6.07 Å². The molecule has 1 unspecified atom stereocenters. The summed E-state index contributed by atoms with van der Waals surface area (Å²) in [6.07, 6.45) is 0. The van der Waals surface area contributed by atoms with Gasteiger partial charge in [-0.25, -0.2) is 4.79 Å². The molecule has 0 saturated carbocycles. The van der Waals surface area contributed by atoms with E-state index in [0.29, 0.717) is 10.9 Å². The topological polar surface area (TPSA) is 74.6 Å². The molecule has 2 rings (SSSR count). The van der Waals surface area contributed by atoms with E-state index < -0.39 is 17.9 Å². The summed E-state index contributed by atoms with van der Waals surface area (Å²) in [7, 11) is 0. The van der Waals surface area contributed by atoms with Crippen LogP contribution in [0.3, 0.4) is 0 Å². The highest BCUT2D eigenvalue weighted by atomic mass is 16.4. The minimum atomic E-state index is -1.10. The van der Waals surface area contributed by atoms with E-state index in [1.165, 1.54) is 6.92 Å². The van der Waals surface area contributed by atoms with Crippen molar-refractivity contribution in [3.63, 3.8) is 0 Å². The number of aliphatic carboxylic acids is 1. The van der Waals surface area contributed by atoms with Gasteiger partial charge in [-0.1, -0.05) is 36.4 Å². The Hall–Kier alpha value is -2.36. The summed E-state index contributed by atoms with van der Waals surface area (Å²) in [5.41, 5.74) is 0.400. The molecule has 0 aliphatic heterocycles. The molecule has 2 aromatic rings. The van der Waals surface area contributed by atoms with Crippen molar-refractivity contribution in [2.45, 2.75) is 12.8 Å². The second kappa shape index (κ2) is 4.49. The van der Waals surface area contributed by atoms with E-state index in [9.17, 15) is 14.7 Å². The van der Waals surface area contributed by atoms with Crippen molar-refractivity contribution < 1.29 is 19.8 Å². The molecule has 0 bridgehead atoms. The molecule has 0 fully saturated rings. The number of carboxylic acids is 2. The molecular formula is C14H12O4. The number of rotatable bonds is 3. The third kappa shape index (κ3) is 1.93. The first-order chi connectivity index (χ1) is 8.52. The van der Waals surface area contributed by atoms with Gasteiger partial charge in [0.05, 0.1) is 11.5 Å². The minimum absolute atomic E-state index is 0.0722. The summed E-state index contributed by atoms with van der Waals surface area (Å²) in [6.45, 7) is 1.48. The van der Waals surface area contributed by atoms with E-state index in [4.69, 9.17) is 5.11 Å². The van der Waals surface area contributed by atoms with Crippen LogP contribution in [0.1, 0.15) is 28.8 Å². The quantitative estimate of drug-likeness (QED) is 0.870. The van der Waals surface area contributed by atoms with Gasteiger partial charge in [-0.3, -0.25) is 4.79 Å². The molecule has 4 nitrogen and oxygen atoms in total. The zero-order chi connectivity index (χ0) is 13.3. The van der Waals surface area contributed by atoms with Crippen LogP contribution in [0, 0.1) is 0 Å². The average Bonchev–Trinajstić information content (AvgIpc) is 2.36. The van der Waals surface area contributed by atoms with Crippen molar-refractivity contribution in [1.82, 2.24) is 0 Å². The molecule has 0 aromatic heterocycles. The Kier molecular flexibility index (Phi) is 3.02. The summed E-state index contributed by atoms with van der Waals surface area (Å²) >= 11 is 0. The second-order valence-corrected chi connectivity index (χ2v) is 4.12. The maximum absolute atomic E-state index is 11.4. The van der Waals surface area contributed by atoms with E-state index in [2.05, 4.69) is 0 Å². The molecule has 2 N–H and O–H groups in total. The fourth-order valence-electron chi connectivity index (χ4n) is 2.02. The van der Waals surface area contributed by atoms with Crippen molar-refractivity contribution in [1.29, 1.82) is 0 Å². The summed E-state index contributed by atoms with van der Waals surface area (Å²) in [5.74, 6) is -2.98. The number of carboxylic acid groups (broad SMARTS) is 2. The van der Waals surface area contributed by atoms with Crippen molar-refractivity contribution >= 4 is 22.7 Å². The van der Waals surface area contributed by atoms with Crippen molar-refractivity contribution in [3.8, 4) is 0 Å². The fraction of sp³-hybridized carbons (Fsp3) is 0.143. The van der Waals surface area contributed by atoms with E-state index in [-0.39, 0.29) is 5.56 Å². The first-order valence-electron chi connectivity index (χ1n) is 5.50. The third-order valence-corrected chi connectivity index (χ3v) is 3.01. The molecule has 18 heavy (non-hydrogen) atoms. The van der Waals surface area contributed by atoms with Crippen LogP contribution in [0.4, 0.5) is 0 Å². The van der Waals surface area contributed by atoms with E-state index in [1.54, 1.807) is 30.3 Å². The van der Waals surface area contributed by atoms with E-state index >= 15 is 0 Å². The summed E-state index contributed by atoms with van der Waals surface area (Å²) in [5, 5.41) is 19.7. The normalized spacial score (nSPS) is 12.3. The van der Waals surface area contributed by atoms with Crippen LogP contribution in [0.15, 0.2) is 36.4 Å². The van der Waals surface area contributed by atoms with Crippen LogP contribution in [0.25, 0.3) is 10.8 Å². The lowest BCUT2D eigenvalue weighted by molar-refractivity contribution is -0.138. The highest BCUT2D eigenvalue weighted by Gasteiger charge is 2.22. The summed E-state index contributed by atoms with van der Waals surface area (Å²) < 4.78 is 0. The molecule has 2 aromatic carbocycles. The smallest absolute Gasteiger partial charge is 0.336 e. The lowest BCUT2D eigenvalue weighted by Gasteiger charge is -2.12. The van der Waals surface area contributed by atoms with Gasteiger partial charge in [-0.2, -0.15) is 0 Å². The van der Waals surface area contributed by atoms with Crippen LogP contribution < -0.4 is 0 Å². The van der Waals surface area contributed by atoms with Crippen LogP contribution in [0.2, 0.25) is 0 Å². The summed E-state index contributed by atoms with van der Waals surface area (Å²) in [4.78, 5) is 22.4. The number of benzene rings is 2. The molecule has 92 valence electrons. The van der Waals surface area contributed by atoms with Crippen LogP contribution >= 0.6 is 0 Å². The Bertz CT molecular complexity index is 631. The lowest BCUT2D eigenvalue weighted by atomic mass is 9.91. The largest absolute Gasteiger partial charge is 0.481 e. The van der Waals surface area contributed by atoms with Gasteiger partial charge >= 0.3 is 11.9 Å². The monoisotopic (exact) mass is 244 g/mol. The van der Waals surface area contributed by atoms with Gasteiger partial charge in [-0.15, -0.1) is 0 Å². The Morgan fingerprint density at radius 2 is 1.72 bits per heavy atom. The van der Waals surface area contributed by atoms with Gasteiger partial charge in [0.15, 0.2) is 0 Å². The van der Waals surface area contributed by atoms with Gasteiger partial charge in [0.25, 0.3) is 0 Å². The minimum Gasteiger partial charge on any atom is -0.481 e. The van der Waals surface area contributed by atoms with Crippen molar-refractivity contribution in [2.75, 3.05) is 0 Å². The number of hydrogen-bond donors (Lipinski definition) is 2. The number of fused-ring (bicyclic) bond motifs is 1. The predicted octanol–water partition coefficient (Wildman–Crippen LogP) is 2.73. The van der Waals surface area contributed by atoms with E-state index in [0.717, 1.165) is 5.39 Å². The molecule has 0 radical (unpaired) electrons.